The molecule has 82 valence electrons. The molecular formula is C8H12N4O3. The first-order valence-electron chi connectivity index (χ1n) is 4.47. The van der Waals surface area contributed by atoms with E-state index in [2.05, 4.69) is 5.18 Å². The highest BCUT2D eigenvalue weighted by molar-refractivity contribution is 5.55. The SMILES string of the molecule is CCCn1c(N)c(N=O)c(=O)n(C)c1=O. The van der Waals surface area contributed by atoms with Gasteiger partial charge in [-0.3, -0.25) is 13.9 Å². The fourth-order valence-electron chi connectivity index (χ4n) is 1.29. The number of hydrogen-bond donors (Lipinski definition) is 1. The summed E-state index contributed by atoms with van der Waals surface area (Å²) < 4.78 is 1.99. The predicted octanol–water partition coefficient (Wildman–Crippen LogP) is -0.0629. The van der Waals surface area contributed by atoms with Gasteiger partial charge >= 0.3 is 5.69 Å². The molecule has 0 atom stereocenters. The van der Waals surface area contributed by atoms with Crippen LogP contribution in [0, 0.1) is 4.91 Å². The van der Waals surface area contributed by atoms with Gasteiger partial charge in [0.2, 0.25) is 5.69 Å². The molecule has 0 saturated carbocycles. The summed E-state index contributed by atoms with van der Waals surface area (Å²) in [7, 11) is 1.28. The van der Waals surface area contributed by atoms with Gasteiger partial charge in [0, 0.05) is 13.6 Å². The lowest BCUT2D eigenvalue weighted by molar-refractivity contribution is 0.600. The zero-order valence-corrected chi connectivity index (χ0v) is 8.56. The summed E-state index contributed by atoms with van der Waals surface area (Å²) in [5.74, 6) is -0.167. The monoisotopic (exact) mass is 212 g/mol. The van der Waals surface area contributed by atoms with E-state index in [-0.39, 0.29) is 5.82 Å². The van der Waals surface area contributed by atoms with Crippen LogP contribution >= 0.6 is 0 Å². The third-order valence-corrected chi connectivity index (χ3v) is 2.10. The van der Waals surface area contributed by atoms with E-state index >= 15 is 0 Å². The van der Waals surface area contributed by atoms with Crippen molar-refractivity contribution in [2.45, 2.75) is 19.9 Å². The lowest BCUT2D eigenvalue weighted by Gasteiger charge is -2.10. The Hall–Kier alpha value is -1.92. The number of hydrogen-bond acceptors (Lipinski definition) is 5. The van der Waals surface area contributed by atoms with Crippen LogP contribution in [0.2, 0.25) is 0 Å². The normalized spacial score (nSPS) is 10.3. The largest absolute Gasteiger partial charge is 0.383 e. The minimum absolute atomic E-state index is 0.167. The standard InChI is InChI=1S/C8H12N4O3/c1-3-4-12-6(9)5(10-15)7(13)11(2)8(12)14/h3-4,9H2,1-2H3. The van der Waals surface area contributed by atoms with Crippen molar-refractivity contribution in [1.82, 2.24) is 9.13 Å². The Morgan fingerprint density at radius 3 is 2.47 bits per heavy atom. The number of anilines is 1. The lowest BCUT2D eigenvalue weighted by Crippen LogP contribution is -2.39. The van der Waals surface area contributed by atoms with Gasteiger partial charge in [-0.2, -0.15) is 0 Å². The Morgan fingerprint density at radius 1 is 1.40 bits per heavy atom. The van der Waals surface area contributed by atoms with Crippen LogP contribution in [0.25, 0.3) is 0 Å². The van der Waals surface area contributed by atoms with Crippen molar-refractivity contribution in [3.8, 4) is 0 Å². The van der Waals surface area contributed by atoms with Gasteiger partial charge in [0.15, 0.2) is 0 Å². The van der Waals surface area contributed by atoms with Gasteiger partial charge < -0.3 is 5.73 Å². The van der Waals surface area contributed by atoms with Crippen molar-refractivity contribution in [3.05, 3.63) is 25.7 Å². The molecule has 0 aromatic carbocycles. The third kappa shape index (κ3) is 1.67. The lowest BCUT2D eigenvalue weighted by atomic mass is 10.4. The maximum Gasteiger partial charge on any atom is 0.332 e. The summed E-state index contributed by atoms with van der Waals surface area (Å²) in [6.07, 6.45) is 0.667. The van der Waals surface area contributed by atoms with Crippen molar-refractivity contribution in [1.29, 1.82) is 0 Å². The van der Waals surface area contributed by atoms with Gasteiger partial charge in [-0.25, -0.2) is 4.79 Å². The summed E-state index contributed by atoms with van der Waals surface area (Å²) >= 11 is 0. The van der Waals surface area contributed by atoms with E-state index in [0.717, 1.165) is 9.13 Å². The molecule has 1 rings (SSSR count). The quantitative estimate of drug-likeness (QED) is 0.709. The van der Waals surface area contributed by atoms with Crippen molar-refractivity contribution in [3.63, 3.8) is 0 Å². The highest BCUT2D eigenvalue weighted by Gasteiger charge is 2.14. The van der Waals surface area contributed by atoms with Gasteiger partial charge in [0.1, 0.15) is 5.82 Å². The first-order chi connectivity index (χ1) is 7.04. The van der Waals surface area contributed by atoms with Crippen molar-refractivity contribution >= 4 is 11.5 Å². The summed E-state index contributed by atoms with van der Waals surface area (Å²) in [6.45, 7) is 2.20. The molecule has 0 saturated heterocycles. The molecule has 1 aromatic heterocycles. The topological polar surface area (TPSA) is 99.4 Å². The molecule has 0 bridgehead atoms. The predicted molar refractivity (Wildman–Crippen MR) is 56.1 cm³/mol. The fourth-order valence-corrected chi connectivity index (χ4v) is 1.29. The van der Waals surface area contributed by atoms with Gasteiger partial charge in [-0.05, 0) is 11.6 Å². The molecule has 0 aliphatic carbocycles. The Labute approximate surface area is 85.1 Å². The van der Waals surface area contributed by atoms with Crippen LogP contribution in [0.5, 0.6) is 0 Å². The second-order valence-electron chi connectivity index (χ2n) is 3.12. The Balaban J connectivity index is 3.68. The van der Waals surface area contributed by atoms with Crippen LogP contribution in [0.3, 0.4) is 0 Å². The fraction of sp³-hybridized carbons (Fsp3) is 0.500. The van der Waals surface area contributed by atoms with Crippen LogP contribution in [-0.2, 0) is 13.6 Å². The van der Waals surface area contributed by atoms with Crippen LogP contribution in [0.4, 0.5) is 11.5 Å². The third-order valence-electron chi connectivity index (χ3n) is 2.10. The second-order valence-corrected chi connectivity index (χ2v) is 3.12. The molecule has 1 heterocycles. The Morgan fingerprint density at radius 2 is 2.00 bits per heavy atom. The number of nitrogens with zero attached hydrogens (tertiary/aromatic N) is 3. The number of rotatable bonds is 3. The van der Waals surface area contributed by atoms with E-state index in [0.29, 0.717) is 13.0 Å². The van der Waals surface area contributed by atoms with E-state index in [4.69, 9.17) is 5.73 Å². The second kappa shape index (κ2) is 4.07. The maximum atomic E-state index is 11.6. The van der Waals surface area contributed by atoms with Gasteiger partial charge in [-0.15, -0.1) is 4.91 Å². The summed E-state index contributed by atoms with van der Waals surface area (Å²) in [5, 5.41) is 2.55. The van der Waals surface area contributed by atoms with E-state index in [1.165, 1.54) is 7.05 Å². The molecule has 0 radical (unpaired) electrons. The van der Waals surface area contributed by atoms with Gasteiger partial charge in [0.05, 0.1) is 0 Å². The molecule has 0 aliphatic rings. The smallest absolute Gasteiger partial charge is 0.332 e. The average Bonchev–Trinajstić information content (AvgIpc) is 2.22. The van der Waals surface area contributed by atoms with Crippen LogP contribution in [0.1, 0.15) is 13.3 Å². The number of nitroso groups, excluding NO2 is 1. The molecule has 7 heteroatoms. The molecule has 0 amide bonds. The average molecular weight is 212 g/mol. The molecule has 1 aromatic rings. The highest BCUT2D eigenvalue weighted by atomic mass is 16.3. The molecule has 2 N–H and O–H groups in total. The molecule has 0 spiro atoms. The van der Waals surface area contributed by atoms with Crippen molar-refractivity contribution in [2.24, 2.45) is 12.2 Å². The maximum absolute atomic E-state index is 11.6. The minimum Gasteiger partial charge on any atom is -0.383 e. The summed E-state index contributed by atoms with van der Waals surface area (Å²) in [6, 6.07) is 0. The van der Waals surface area contributed by atoms with Gasteiger partial charge in [0.25, 0.3) is 5.56 Å². The van der Waals surface area contributed by atoms with Gasteiger partial charge in [-0.1, -0.05) is 6.92 Å². The van der Waals surface area contributed by atoms with Crippen molar-refractivity contribution < 1.29 is 0 Å². The Kier molecular flexibility index (Phi) is 3.03. The zero-order valence-electron chi connectivity index (χ0n) is 8.56. The van der Waals surface area contributed by atoms with E-state index < -0.39 is 16.9 Å². The molecule has 0 fully saturated rings. The number of nitrogens with two attached hydrogens (primary N) is 1. The molecule has 7 nitrogen and oxygen atoms in total. The minimum atomic E-state index is -0.764. The van der Waals surface area contributed by atoms with Crippen LogP contribution < -0.4 is 17.0 Å². The van der Waals surface area contributed by atoms with Crippen LogP contribution in [0.15, 0.2) is 14.8 Å². The molecular weight excluding hydrogens is 200 g/mol. The molecule has 0 aliphatic heterocycles. The molecule has 0 unspecified atom stereocenters. The zero-order chi connectivity index (χ0) is 11.6. The van der Waals surface area contributed by atoms with E-state index in [9.17, 15) is 14.5 Å². The van der Waals surface area contributed by atoms with Crippen LogP contribution in [-0.4, -0.2) is 9.13 Å². The molecule has 15 heavy (non-hydrogen) atoms. The highest BCUT2D eigenvalue weighted by Crippen LogP contribution is 2.13. The first kappa shape index (κ1) is 11.2. The van der Waals surface area contributed by atoms with E-state index in [1.807, 2.05) is 6.92 Å². The number of nitrogen functional groups attached to an aromatic ring is 1. The van der Waals surface area contributed by atoms with Crippen molar-refractivity contribution in [2.75, 3.05) is 5.73 Å². The summed E-state index contributed by atoms with van der Waals surface area (Å²) in [5.41, 5.74) is 3.80. The van der Waals surface area contributed by atoms with E-state index in [1.54, 1.807) is 0 Å². The summed E-state index contributed by atoms with van der Waals surface area (Å²) in [4.78, 5) is 33.4. The first-order valence-corrected chi connectivity index (χ1v) is 4.47. The number of aromatic nitrogens is 2. The Bertz CT molecular complexity index is 500.